The molecule has 1 aliphatic rings. The van der Waals surface area contributed by atoms with Gasteiger partial charge < -0.3 is 10.6 Å². The number of aryl methyl sites for hydroxylation is 1. The molecule has 0 saturated carbocycles. The summed E-state index contributed by atoms with van der Waals surface area (Å²) in [6.45, 7) is 3.83. The highest BCUT2D eigenvalue weighted by atomic mass is 35.5. The highest BCUT2D eigenvalue weighted by Gasteiger charge is 2.16. The van der Waals surface area contributed by atoms with Crippen LogP contribution in [0.5, 0.6) is 0 Å². The predicted octanol–water partition coefficient (Wildman–Crippen LogP) is 1.36. The van der Waals surface area contributed by atoms with E-state index in [1.807, 2.05) is 24.9 Å². The molecule has 1 aromatic rings. The van der Waals surface area contributed by atoms with Gasteiger partial charge in [0.05, 0.1) is 11.9 Å². The van der Waals surface area contributed by atoms with E-state index in [4.69, 9.17) is 0 Å². The molecule has 0 spiro atoms. The van der Waals surface area contributed by atoms with Crippen LogP contribution >= 0.6 is 24.2 Å². The first-order chi connectivity index (χ1) is 8.28. The Morgan fingerprint density at radius 1 is 1.72 bits per heavy atom. The van der Waals surface area contributed by atoms with Gasteiger partial charge in [-0.25, -0.2) is 0 Å². The first kappa shape index (κ1) is 15.3. The summed E-state index contributed by atoms with van der Waals surface area (Å²) >= 11 is 1.90. The van der Waals surface area contributed by atoms with Crippen LogP contribution in [-0.2, 0) is 11.3 Å². The van der Waals surface area contributed by atoms with E-state index >= 15 is 0 Å². The van der Waals surface area contributed by atoms with Gasteiger partial charge in [-0.3, -0.25) is 9.48 Å². The zero-order valence-electron chi connectivity index (χ0n) is 10.4. The first-order valence-corrected chi connectivity index (χ1v) is 7.07. The van der Waals surface area contributed by atoms with Gasteiger partial charge in [0.25, 0.3) is 0 Å². The number of carbonyl (C=O) groups excluding carboxylic acids is 1. The van der Waals surface area contributed by atoms with Crippen LogP contribution in [0.2, 0.25) is 0 Å². The average Bonchev–Trinajstić information content (AvgIpc) is 2.78. The Balaban J connectivity index is 0.00000162. The molecule has 0 aliphatic carbocycles. The van der Waals surface area contributed by atoms with E-state index in [2.05, 4.69) is 15.7 Å². The van der Waals surface area contributed by atoms with Crippen molar-refractivity contribution in [3.63, 3.8) is 0 Å². The summed E-state index contributed by atoms with van der Waals surface area (Å²) in [7, 11) is 0. The van der Waals surface area contributed by atoms with E-state index in [0.29, 0.717) is 12.5 Å². The molecule has 5 nitrogen and oxygen atoms in total. The molecule has 0 aromatic carbocycles. The van der Waals surface area contributed by atoms with Crippen LogP contribution < -0.4 is 10.6 Å². The summed E-state index contributed by atoms with van der Waals surface area (Å²) in [5.74, 6) is 2.21. The molecule has 2 N–H and O–H groups in total. The molecular weight excluding hydrogens is 272 g/mol. The Morgan fingerprint density at radius 3 is 3.17 bits per heavy atom. The fraction of sp³-hybridized carbons (Fsp3) is 0.636. The second-order valence-electron chi connectivity index (χ2n) is 4.06. The second kappa shape index (κ2) is 7.66. The van der Waals surface area contributed by atoms with Crippen molar-refractivity contribution in [1.82, 2.24) is 15.1 Å². The van der Waals surface area contributed by atoms with Crippen molar-refractivity contribution in [2.45, 2.75) is 25.9 Å². The van der Waals surface area contributed by atoms with Gasteiger partial charge in [-0.2, -0.15) is 16.9 Å². The number of hydrogen-bond donors (Lipinski definition) is 2. The number of aromatic nitrogens is 2. The van der Waals surface area contributed by atoms with Crippen molar-refractivity contribution in [2.24, 2.45) is 0 Å². The van der Waals surface area contributed by atoms with E-state index in [0.717, 1.165) is 30.3 Å². The van der Waals surface area contributed by atoms with Crippen molar-refractivity contribution in [1.29, 1.82) is 0 Å². The third kappa shape index (κ3) is 4.51. The maximum atomic E-state index is 11.8. The number of hydrogen-bond acceptors (Lipinski definition) is 4. The summed E-state index contributed by atoms with van der Waals surface area (Å²) in [6.07, 6.45) is 4.07. The minimum Gasteiger partial charge on any atom is -0.323 e. The van der Waals surface area contributed by atoms with Gasteiger partial charge in [-0.05, 0) is 6.92 Å². The number of amides is 1. The fourth-order valence-corrected chi connectivity index (χ4v) is 2.74. The number of anilines is 1. The summed E-state index contributed by atoms with van der Waals surface area (Å²) in [5.41, 5.74) is 0.778. The first-order valence-electron chi connectivity index (χ1n) is 5.91. The molecule has 1 atom stereocenters. The van der Waals surface area contributed by atoms with Crippen LogP contribution in [0.25, 0.3) is 0 Å². The van der Waals surface area contributed by atoms with Gasteiger partial charge in [0, 0.05) is 43.3 Å². The zero-order chi connectivity index (χ0) is 12.1. The van der Waals surface area contributed by atoms with Crippen LogP contribution in [0.1, 0.15) is 13.3 Å². The van der Waals surface area contributed by atoms with Gasteiger partial charge in [-0.1, -0.05) is 0 Å². The molecule has 102 valence electrons. The number of thioether (sulfide) groups is 1. The monoisotopic (exact) mass is 290 g/mol. The molecule has 1 saturated heterocycles. The van der Waals surface area contributed by atoms with Gasteiger partial charge >= 0.3 is 0 Å². The summed E-state index contributed by atoms with van der Waals surface area (Å²) in [6, 6.07) is 0.301. The molecule has 2 rings (SSSR count). The summed E-state index contributed by atoms with van der Waals surface area (Å²) in [4.78, 5) is 11.8. The number of rotatable bonds is 4. The number of halogens is 1. The van der Waals surface area contributed by atoms with Gasteiger partial charge in [-0.15, -0.1) is 12.4 Å². The molecule has 1 fully saturated rings. The Morgan fingerprint density at radius 2 is 2.56 bits per heavy atom. The van der Waals surface area contributed by atoms with Crippen molar-refractivity contribution in [2.75, 3.05) is 23.4 Å². The molecule has 7 heteroatoms. The van der Waals surface area contributed by atoms with Crippen LogP contribution in [-0.4, -0.2) is 39.8 Å². The molecule has 1 aromatic heterocycles. The average molecular weight is 291 g/mol. The van der Waals surface area contributed by atoms with Crippen molar-refractivity contribution in [3.05, 3.63) is 12.4 Å². The Kier molecular flexibility index (Phi) is 6.52. The molecule has 1 aliphatic heterocycles. The lowest BCUT2D eigenvalue weighted by Gasteiger charge is -2.22. The minimum atomic E-state index is 0. The largest absolute Gasteiger partial charge is 0.323 e. The predicted molar refractivity (Wildman–Crippen MR) is 77.5 cm³/mol. The standard InChI is InChI=1S/C11H18N4OS.ClH/c1-2-15-7-10(6-13-15)14-11(16)5-9-8-17-4-3-12-9;/h6-7,9,12H,2-5,8H2,1H3,(H,14,16);1H. The van der Waals surface area contributed by atoms with Gasteiger partial charge in [0.15, 0.2) is 0 Å². The zero-order valence-corrected chi connectivity index (χ0v) is 12.0. The number of carbonyl (C=O) groups is 1. The van der Waals surface area contributed by atoms with Crippen LogP contribution in [0.4, 0.5) is 5.69 Å². The highest BCUT2D eigenvalue weighted by Crippen LogP contribution is 2.12. The maximum Gasteiger partial charge on any atom is 0.226 e. The van der Waals surface area contributed by atoms with Crippen LogP contribution in [0.3, 0.4) is 0 Å². The van der Waals surface area contributed by atoms with E-state index < -0.39 is 0 Å². The Labute approximate surface area is 117 Å². The Hall–Kier alpha value is -0.720. The summed E-state index contributed by atoms with van der Waals surface area (Å²) in [5, 5.41) is 10.3. The summed E-state index contributed by atoms with van der Waals surface area (Å²) < 4.78 is 1.80. The van der Waals surface area contributed by atoms with Crippen molar-refractivity contribution < 1.29 is 4.79 Å². The molecule has 1 unspecified atom stereocenters. The molecule has 2 heterocycles. The lowest BCUT2D eigenvalue weighted by molar-refractivity contribution is -0.116. The van der Waals surface area contributed by atoms with Crippen molar-refractivity contribution in [3.8, 4) is 0 Å². The third-order valence-corrected chi connectivity index (χ3v) is 3.80. The normalized spacial score (nSPS) is 19.1. The lowest BCUT2D eigenvalue weighted by atomic mass is 10.2. The lowest BCUT2D eigenvalue weighted by Crippen LogP contribution is -2.39. The maximum absolute atomic E-state index is 11.8. The van der Waals surface area contributed by atoms with E-state index in [-0.39, 0.29) is 18.3 Å². The quantitative estimate of drug-likeness (QED) is 0.879. The van der Waals surface area contributed by atoms with Gasteiger partial charge in [0.2, 0.25) is 5.91 Å². The molecule has 0 radical (unpaired) electrons. The minimum absolute atomic E-state index is 0. The number of nitrogens with zero attached hydrogens (tertiary/aromatic N) is 2. The molecule has 0 bridgehead atoms. The van der Waals surface area contributed by atoms with Crippen LogP contribution in [0, 0.1) is 0 Å². The Bertz CT molecular complexity index is 379. The molecule has 1 amide bonds. The SMILES string of the molecule is CCn1cc(NC(=O)CC2CSCCN2)cn1.Cl. The second-order valence-corrected chi connectivity index (χ2v) is 5.21. The van der Waals surface area contributed by atoms with E-state index in [1.165, 1.54) is 0 Å². The third-order valence-electron chi connectivity index (χ3n) is 2.67. The van der Waals surface area contributed by atoms with Crippen LogP contribution in [0.15, 0.2) is 12.4 Å². The topological polar surface area (TPSA) is 59.0 Å². The molecular formula is C11H19ClN4OS. The van der Waals surface area contributed by atoms with E-state index in [9.17, 15) is 4.79 Å². The van der Waals surface area contributed by atoms with Crippen molar-refractivity contribution >= 4 is 35.8 Å². The van der Waals surface area contributed by atoms with E-state index in [1.54, 1.807) is 10.9 Å². The number of nitrogens with one attached hydrogen (secondary N) is 2. The fourth-order valence-electron chi connectivity index (χ4n) is 1.79. The smallest absolute Gasteiger partial charge is 0.226 e. The van der Waals surface area contributed by atoms with Gasteiger partial charge in [0.1, 0.15) is 0 Å². The molecule has 18 heavy (non-hydrogen) atoms. The highest BCUT2D eigenvalue weighted by molar-refractivity contribution is 7.99.